The summed E-state index contributed by atoms with van der Waals surface area (Å²) in [7, 11) is 0. The summed E-state index contributed by atoms with van der Waals surface area (Å²) in [4.78, 5) is 10.4. The van der Waals surface area contributed by atoms with Crippen molar-refractivity contribution in [3.05, 3.63) is 95.0 Å². The lowest BCUT2D eigenvalue weighted by molar-refractivity contribution is 0.112. The van der Waals surface area contributed by atoms with E-state index in [1.807, 2.05) is 54.6 Å². The lowest BCUT2D eigenvalue weighted by Gasteiger charge is -2.04. The molecule has 0 aliphatic heterocycles. The molecule has 0 amide bonds. The average Bonchev–Trinajstić information content (AvgIpc) is 2.64. The number of nitrogens with two attached hydrogens (primary N) is 1. The lowest BCUT2D eigenvalue weighted by Crippen LogP contribution is -2.02. The van der Waals surface area contributed by atoms with Crippen molar-refractivity contribution in [1.29, 1.82) is 0 Å². The fraction of sp³-hybridized carbons (Fsp3) is 0.0952. The molecule has 0 bridgehead atoms. The van der Waals surface area contributed by atoms with Crippen LogP contribution in [0.25, 0.3) is 0 Å². The van der Waals surface area contributed by atoms with E-state index in [9.17, 15) is 4.79 Å². The van der Waals surface area contributed by atoms with Gasteiger partial charge in [0.25, 0.3) is 0 Å². The average molecular weight is 354 g/mol. The zero-order valence-electron chi connectivity index (χ0n) is 13.8. The first-order chi connectivity index (χ1) is 12.2. The molecule has 0 fully saturated rings. The van der Waals surface area contributed by atoms with Gasteiger partial charge in [-0.3, -0.25) is 4.79 Å². The highest BCUT2D eigenvalue weighted by Crippen LogP contribution is 2.20. The third-order valence-corrected chi connectivity index (χ3v) is 3.55. The lowest BCUT2D eigenvalue weighted by atomic mass is 10.2. The number of carbonyl (C=O) groups is 1. The normalized spacial score (nSPS) is 9.68. The Hall–Kier alpha value is -2.62. The van der Waals surface area contributed by atoms with Gasteiger partial charge in [0.05, 0.1) is 0 Å². The van der Waals surface area contributed by atoms with Gasteiger partial charge in [-0.25, -0.2) is 0 Å². The molecule has 0 unspecified atom stereocenters. The number of carbonyl (C=O) groups excluding carboxylic acids is 1. The molecule has 0 saturated heterocycles. The number of aldehydes is 1. The summed E-state index contributed by atoms with van der Waals surface area (Å²) in [6.07, 6.45) is 1.72. The van der Waals surface area contributed by atoms with E-state index in [0.29, 0.717) is 12.1 Å². The molecular weight excluding hydrogens is 334 g/mol. The monoisotopic (exact) mass is 353 g/mol. The molecule has 3 aromatic rings. The molecule has 0 heterocycles. The molecule has 0 aromatic heterocycles. The Kier molecular flexibility index (Phi) is 7.70. The highest BCUT2D eigenvalue weighted by atomic mass is 35.5. The first-order valence-corrected chi connectivity index (χ1v) is 8.31. The zero-order valence-corrected chi connectivity index (χ0v) is 14.5. The van der Waals surface area contributed by atoms with E-state index in [1.54, 1.807) is 24.3 Å². The maximum Gasteiger partial charge on any atom is 0.150 e. The Balaban J connectivity index is 0.000000196. The van der Waals surface area contributed by atoms with Crippen molar-refractivity contribution in [3.63, 3.8) is 0 Å². The summed E-state index contributed by atoms with van der Waals surface area (Å²) >= 11 is 5.74. The summed E-state index contributed by atoms with van der Waals surface area (Å²) < 4.78 is 5.56. The van der Waals surface area contributed by atoms with E-state index in [2.05, 4.69) is 0 Å². The topological polar surface area (TPSA) is 52.3 Å². The molecular formula is C21H20ClNO2. The van der Waals surface area contributed by atoms with Gasteiger partial charge in [-0.1, -0.05) is 41.9 Å². The Morgan fingerprint density at radius 2 is 1.56 bits per heavy atom. The predicted molar refractivity (Wildman–Crippen MR) is 103 cm³/mol. The highest BCUT2D eigenvalue weighted by molar-refractivity contribution is 6.30. The summed E-state index contributed by atoms with van der Waals surface area (Å²) in [5.41, 5.74) is 7.22. The third-order valence-electron chi connectivity index (χ3n) is 3.32. The minimum absolute atomic E-state index is 0.649. The van der Waals surface area contributed by atoms with Crippen LogP contribution in [-0.2, 0) is 6.42 Å². The number of hydrogen-bond acceptors (Lipinski definition) is 3. The quantitative estimate of drug-likeness (QED) is 0.647. The third kappa shape index (κ3) is 6.79. The van der Waals surface area contributed by atoms with Crippen molar-refractivity contribution in [3.8, 4) is 11.5 Å². The van der Waals surface area contributed by atoms with Gasteiger partial charge in [0.2, 0.25) is 0 Å². The molecule has 4 heteroatoms. The Morgan fingerprint density at radius 1 is 0.880 bits per heavy atom. The molecule has 0 aliphatic carbocycles. The number of hydrogen-bond donors (Lipinski definition) is 1. The van der Waals surface area contributed by atoms with Crippen molar-refractivity contribution in [2.75, 3.05) is 6.54 Å². The Morgan fingerprint density at radius 3 is 2.16 bits per heavy atom. The molecule has 3 aromatic carbocycles. The fourth-order valence-electron chi connectivity index (χ4n) is 2.10. The van der Waals surface area contributed by atoms with Crippen molar-refractivity contribution >= 4 is 17.9 Å². The van der Waals surface area contributed by atoms with Gasteiger partial charge < -0.3 is 10.5 Å². The maximum atomic E-state index is 10.4. The van der Waals surface area contributed by atoms with Crippen LogP contribution < -0.4 is 10.5 Å². The van der Waals surface area contributed by atoms with Crippen LogP contribution >= 0.6 is 11.6 Å². The molecule has 0 saturated carbocycles. The Bertz CT molecular complexity index is 773. The second-order valence-electron chi connectivity index (χ2n) is 5.27. The molecule has 0 aliphatic rings. The maximum absolute atomic E-state index is 10.4. The fourth-order valence-corrected chi connectivity index (χ4v) is 2.31. The van der Waals surface area contributed by atoms with Crippen LogP contribution in [0.5, 0.6) is 11.5 Å². The number of para-hydroxylation sites is 1. The van der Waals surface area contributed by atoms with Crippen LogP contribution in [0, 0.1) is 0 Å². The van der Waals surface area contributed by atoms with Crippen LogP contribution in [0.1, 0.15) is 15.9 Å². The minimum Gasteiger partial charge on any atom is -0.457 e. The van der Waals surface area contributed by atoms with Gasteiger partial charge in [0.15, 0.2) is 0 Å². The van der Waals surface area contributed by atoms with E-state index in [0.717, 1.165) is 29.2 Å². The van der Waals surface area contributed by atoms with Gasteiger partial charge >= 0.3 is 0 Å². The Labute approximate surface area is 153 Å². The zero-order chi connectivity index (χ0) is 17.9. The van der Waals surface area contributed by atoms with Crippen LogP contribution in [0.15, 0.2) is 78.9 Å². The number of rotatable bonds is 5. The van der Waals surface area contributed by atoms with Crippen LogP contribution in [0.4, 0.5) is 0 Å². The van der Waals surface area contributed by atoms with Crippen LogP contribution in [0.2, 0.25) is 5.02 Å². The van der Waals surface area contributed by atoms with Gasteiger partial charge in [-0.2, -0.15) is 0 Å². The second-order valence-corrected chi connectivity index (χ2v) is 5.71. The molecule has 128 valence electrons. The van der Waals surface area contributed by atoms with Crippen LogP contribution in [-0.4, -0.2) is 12.8 Å². The number of benzene rings is 3. The molecule has 0 radical (unpaired) electrons. The van der Waals surface area contributed by atoms with Crippen molar-refractivity contribution < 1.29 is 9.53 Å². The first-order valence-electron chi connectivity index (χ1n) is 7.94. The van der Waals surface area contributed by atoms with E-state index < -0.39 is 0 Å². The van der Waals surface area contributed by atoms with E-state index in [4.69, 9.17) is 22.1 Å². The van der Waals surface area contributed by atoms with Crippen molar-refractivity contribution in [2.24, 2.45) is 5.73 Å². The van der Waals surface area contributed by atoms with E-state index >= 15 is 0 Å². The summed E-state index contributed by atoms with van der Waals surface area (Å²) in [5.74, 6) is 1.52. The van der Waals surface area contributed by atoms with Crippen LogP contribution in [0.3, 0.4) is 0 Å². The van der Waals surface area contributed by atoms with Crippen molar-refractivity contribution in [1.82, 2.24) is 0 Å². The standard InChI is InChI=1S/C13H10O2.C8H10ClN/c14-10-11-6-8-13(9-7-11)15-12-4-2-1-3-5-12;9-8-3-1-2-7(6-8)4-5-10/h1-10H;1-3,6H,4-5,10H2. The van der Waals surface area contributed by atoms with Gasteiger partial charge in [0.1, 0.15) is 17.8 Å². The summed E-state index contributed by atoms with van der Waals surface area (Å²) in [5, 5.41) is 0.783. The molecule has 2 N–H and O–H groups in total. The predicted octanol–water partition coefficient (Wildman–Crippen LogP) is 5.13. The molecule has 25 heavy (non-hydrogen) atoms. The SMILES string of the molecule is NCCc1cccc(Cl)c1.O=Cc1ccc(Oc2ccccc2)cc1. The largest absolute Gasteiger partial charge is 0.457 e. The molecule has 0 spiro atoms. The highest BCUT2D eigenvalue weighted by Gasteiger charge is 1.96. The molecule has 0 atom stereocenters. The number of ether oxygens (including phenoxy) is 1. The summed E-state index contributed by atoms with van der Waals surface area (Å²) in [6, 6.07) is 24.3. The molecule has 3 rings (SSSR count). The smallest absolute Gasteiger partial charge is 0.150 e. The summed E-state index contributed by atoms with van der Waals surface area (Å²) in [6.45, 7) is 0.681. The van der Waals surface area contributed by atoms with Crippen molar-refractivity contribution in [2.45, 2.75) is 6.42 Å². The van der Waals surface area contributed by atoms with E-state index in [-0.39, 0.29) is 0 Å². The van der Waals surface area contributed by atoms with Gasteiger partial charge in [-0.05, 0) is 67.1 Å². The molecule has 3 nitrogen and oxygen atoms in total. The minimum atomic E-state index is 0.649. The van der Waals surface area contributed by atoms with Gasteiger partial charge in [0, 0.05) is 10.6 Å². The second kappa shape index (κ2) is 10.3. The van der Waals surface area contributed by atoms with Gasteiger partial charge in [-0.15, -0.1) is 0 Å². The first kappa shape index (κ1) is 18.7. The van der Waals surface area contributed by atoms with E-state index in [1.165, 1.54) is 5.56 Å². The number of halogens is 1.